The number of nitrogens with zero attached hydrogens (tertiary/aromatic N) is 7. The smallest absolute Gasteiger partial charge is 0.238 e. The van der Waals surface area contributed by atoms with Gasteiger partial charge in [0.15, 0.2) is 17.5 Å². The Bertz CT molecular complexity index is 3940. The van der Waals surface area contributed by atoms with E-state index in [1.807, 2.05) is 60.7 Å². The van der Waals surface area contributed by atoms with Gasteiger partial charge in [0.2, 0.25) is 5.95 Å². The number of aromatic nitrogens is 7. The summed E-state index contributed by atoms with van der Waals surface area (Å²) in [5.41, 5.74) is 14.1. The Morgan fingerprint density at radius 3 is 1.24 bits per heavy atom. The van der Waals surface area contributed by atoms with Gasteiger partial charge < -0.3 is 4.57 Å². The number of hydrogen-bond acceptors (Lipinski definition) is 5. The molecule has 0 saturated carbocycles. The minimum Gasteiger partial charge on any atom is -0.309 e. The third-order valence-electron chi connectivity index (χ3n) is 12.8. The van der Waals surface area contributed by atoms with Crippen molar-refractivity contribution in [2.45, 2.75) is 0 Å². The van der Waals surface area contributed by atoms with E-state index in [2.05, 4.69) is 185 Å². The highest BCUT2D eigenvalue weighted by Crippen LogP contribution is 2.43. The summed E-state index contributed by atoms with van der Waals surface area (Å²) in [5, 5.41) is 4.54. The zero-order valence-corrected chi connectivity index (χ0v) is 36.6. The first-order chi connectivity index (χ1) is 33.7. The van der Waals surface area contributed by atoms with Gasteiger partial charge in [-0.2, -0.15) is 9.97 Å². The standard InChI is InChI=1S/C61H39N7/c1-5-18-40(19-6-1)41-32-34-45(35-33-41)59-64-58(44-24-11-4-12-25-44)65-61(66-59)68-53-31-16-14-29-49(53)57-55(68)37-36-54-56(57)48-28-13-15-30-52(48)67(54)47-27-17-26-46(38-47)60-62-50(42-20-7-2-8-21-42)39-51(63-60)43-22-9-3-10-23-43/h1-39H. The van der Waals surface area contributed by atoms with Crippen molar-refractivity contribution in [3.8, 4) is 79.4 Å². The molecular formula is C61H39N7. The fraction of sp³-hybridized carbons (Fsp3) is 0. The van der Waals surface area contributed by atoms with Gasteiger partial charge in [-0.1, -0.05) is 194 Å². The Morgan fingerprint density at radius 2 is 0.662 bits per heavy atom. The zero-order chi connectivity index (χ0) is 45.0. The average molecular weight is 870 g/mol. The van der Waals surface area contributed by atoms with Crippen LogP contribution in [0.4, 0.5) is 0 Å². The summed E-state index contributed by atoms with van der Waals surface area (Å²) < 4.78 is 4.57. The molecule has 0 aliphatic carbocycles. The van der Waals surface area contributed by atoms with Crippen molar-refractivity contribution >= 4 is 43.6 Å². The molecule has 0 spiro atoms. The summed E-state index contributed by atoms with van der Waals surface area (Å²) >= 11 is 0. The van der Waals surface area contributed by atoms with Crippen molar-refractivity contribution in [3.05, 3.63) is 237 Å². The number of benzene rings is 9. The first-order valence-corrected chi connectivity index (χ1v) is 22.8. The number of rotatable bonds is 8. The molecule has 0 N–H and O–H groups in total. The van der Waals surface area contributed by atoms with Gasteiger partial charge in [-0.25, -0.2) is 15.0 Å². The zero-order valence-electron chi connectivity index (χ0n) is 36.6. The van der Waals surface area contributed by atoms with Gasteiger partial charge in [0, 0.05) is 55.0 Å². The quantitative estimate of drug-likeness (QED) is 0.152. The molecule has 7 heteroatoms. The van der Waals surface area contributed by atoms with Crippen LogP contribution in [-0.2, 0) is 0 Å². The maximum Gasteiger partial charge on any atom is 0.238 e. The lowest BCUT2D eigenvalue weighted by molar-refractivity contribution is 0.953. The molecule has 0 amide bonds. The van der Waals surface area contributed by atoms with Crippen LogP contribution in [0.5, 0.6) is 0 Å². The Balaban J connectivity index is 1.00. The van der Waals surface area contributed by atoms with E-state index in [4.69, 9.17) is 24.9 Å². The summed E-state index contributed by atoms with van der Waals surface area (Å²) in [6.07, 6.45) is 0. The molecule has 13 rings (SSSR count). The van der Waals surface area contributed by atoms with Crippen LogP contribution in [0.2, 0.25) is 0 Å². The number of fused-ring (bicyclic) bond motifs is 7. The van der Waals surface area contributed by atoms with E-state index in [-0.39, 0.29) is 0 Å². The van der Waals surface area contributed by atoms with Gasteiger partial charge in [0.1, 0.15) is 0 Å². The van der Waals surface area contributed by atoms with Crippen LogP contribution < -0.4 is 0 Å². The summed E-state index contributed by atoms with van der Waals surface area (Å²) in [6, 6.07) is 82.1. The maximum atomic E-state index is 5.28. The molecule has 318 valence electrons. The summed E-state index contributed by atoms with van der Waals surface area (Å²) in [4.78, 5) is 26.0. The van der Waals surface area contributed by atoms with Crippen LogP contribution in [0.25, 0.3) is 123 Å². The predicted molar refractivity (Wildman–Crippen MR) is 277 cm³/mol. The van der Waals surface area contributed by atoms with E-state index in [9.17, 15) is 0 Å². The monoisotopic (exact) mass is 869 g/mol. The highest BCUT2D eigenvalue weighted by molar-refractivity contribution is 6.28. The van der Waals surface area contributed by atoms with E-state index in [1.54, 1.807) is 0 Å². The number of hydrogen-bond donors (Lipinski definition) is 0. The van der Waals surface area contributed by atoms with Crippen molar-refractivity contribution in [1.29, 1.82) is 0 Å². The molecule has 68 heavy (non-hydrogen) atoms. The third kappa shape index (κ3) is 6.72. The Labute approximate surface area is 392 Å². The van der Waals surface area contributed by atoms with Gasteiger partial charge in [-0.3, -0.25) is 4.57 Å². The molecule has 0 aliphatic rings. The third-order valence-corrected chi connectivity index (χ3v) is 12.8. The van der Waals surface area contributed by atoms with Gasteiger partial charge in [0.05, 0.1) is 33.5 Å². The summed E-state index contributed by atoms with van der Waals surface area (Å²) in [6.45, 7) is 0. The lowest BCUT2D eigenvalue weighted by atomic mass is 10.0. The van der Waals surface area contributed by atoms with Crippen molar-refractivity contribution in [2.75, 3.05) is 0 Å². The molecule has 0 fully saturated rings. The van der Waals surface area contributed by atoms with Gasteiger partial charge in [-0.05, 0) is 53.6 Å². The SMILES string of the molecule is c1ccc(-c2ccc(-c3nc(-c4ccccc4)nc(-n4c5ccccc5c5c6c7ccccc7n(-c7cccc(-c8nc(-c9ccccc9)cc(-c9ccccc9)n8)c7)c6ccc54)n3)cc2)cc1. The molecule has 0 unspecified atom stereocenters. The predicted octanol–water partition coefficient (Wildman–Crippen LogP) is 14.9. The summed E-state index contributed by atoms with van der Waals surface area (Å²) in [5.74, 6) is 2.43. The van der Waals surface area contributed by atoms with Crippen LogP contribution >= 0.6 is 0 Å². The molecule has 0 aliphatic heterocycles. The molecule has 9 aromatic carbocycles. The number of para-hydroxylation sites is 2. The molecule has 0 atom stereocenters. The van der Waals surface area contributed by atoms with Crippen LogP contribution in [0.3, 0.4) is 0 Å². The van der Waals surface area contributed by atoms with Crippen LogP contribution in [0.1, 0.15) is 0 Å². The van der Waals surface area contributed by atoms with E-state index in [1.165, 1.54) is 0 Å². The Kier molecular flexibility index (Phi) is 9.35. The molecule has 4 heterocycles. The normalized spacial score (nSPS) is 11.5. The van der Waals surface area contributed by atoms with Gasteiger partial charge in [0.25, 0.3) is 0 Å². The molecule has 0 saturated heterocycles. The molecule has 13 aromatic rings. The Morgan fingerprint density at radius 1 is 0.250 bits per heavy atom. The molecule has 0 radical (unpaired) electrons. The lowest BCUT2D eigenvalue weighted by Gasteiger charge is -2.12. The van der Waals surface area contributed by atoms with Crippen molar-refractivity contribution in [2.24, 2.45) is 0 Å². The van der Waals surface area contributed by atoms with Crippen molar-refractivity contribution in [1.82, 2.24) is 34.1 Å². The van der Waals surface area contributed by atoms with E-state index < -0.39 is 0 Å². The van der Waals surface area contributed by atoms with Gasteiger partial charge in [-0.15, -0.1) is 0 Å². The van der Waals surface area contributed by atoms with E-state index in [0.29, 0.717) is 23.4 Å². The summed E-state index contributed by atoms with van der Waals surface area (Å²) in [7, 11) is 0. The van der Waals surface area contributed by atoms with Crippen molar-refractivity contribution in [3.63, 3.8) is 0 Å². The van der Waals surface area contributed by atoms with Crippen molar-refractivity contribution < 1.29 is 0 Å². The lowest BCUT2D eigenvalue weighted by Crippen LogP contribution is -2.06. The second kappa shape index (κ2) is 16.3. The molecule has 0 bridgehead atoms. The molecule has 4 aromatic heterocycles. The van der Waals surface area contributed by atoms with Crippen LogP contribution in [0.15, 0.2) is 237 Å². The minimum absolute atomic E-state index is 0.551. The molecular weight excluding hydrogens is 831 g/mol. The average Bonchev–Trinajstić information content (AvgIpc) is 3.95. The highest BCUT2D eigenvalue weighted by Gasteiger charge is 2.23. The highest BCUT2D eigenvalue weighted by atomic mass is 15.2. The minimum atomic E-state index is 0.551. The molecule has 7 nitrogen and oxygen atoms in total. The van der Waals surface area contributed by atoms with E-state index in [0.717, 1.165) is 99.6 Å². The first kappa shape index (κ1) is 39.1. The van der Waals surface area contributed by atoms with Crippen LogP contribution in [-0.4, -0.2) is 34.1 Å². The fourth-order valence-corrected chi connectivity index (χ4v) is 9.64. The second-order valence-corrected chi connectivity index (χ2v) is 16.9. The first-order valence-electron chi connectivity index (χ1n) is 22.8. The maximum absolute atomic E-state index is 5.28. The Hall–Kier alpha value is -9.33. The largest absolute Gasteiger partial charge is 0.309 e. The topological polar surface area (TPSA) is 74.3 Å². The van der Waals surface area contributed by atoms with Crippen LogP contribution in [0, 0.1) is 0 Å². The fourth-order valence-electron chi connectivity index (χ4n) is 9.64. The van der Waals surface area contributed by atoms with Gasteiger partial charge >= 0.3 is 0 Å². The van der Waals surface area contributed by atoms with E-state index >= 15 is 0 Å². The second-order valence-electron chi connectivity index (χ2n) is 16.9.